The maximum absolute atomic E-state index is 12.0. The lowest BCUT2D eigenvalue weighted by atomic mass is 9.93. The summed E-state index contributed by atoms with van der Waals surface area (Å²) in [7, 11) is -3.33. The number of carbonyl (C=O) groups is 1. The first-order chi connectivity index (χ1) is 8.73. The van der Waals surface area contributed by atoms with Gasteiger partial charge in [0, 0.05) is 6.26 Å². The van der Waals surface area contributed by atoms with Gasteiger partial charge < -0.3 is 11.1 Å². The summed E-state index contributed by atoms with van der Waals surface area (Å²) in [6, 6.07) is 2.84. The molecule has 19 heavy (non-hydrogen) atoms. The molecule has 0 aromatic carbocycles. The van der Waals surface area contributed by atoms with Crippen molar-refractivity contribution in [3.63, 3.8) is 0 Å². The van der Waals surface area contributed by atoms with Gasteiger partial charge in [0.2, 0.25) is 5.91 Å². The fraction of sp³-hybridized carbons (Fsp3) is 0.500. The Kier molecular flexibility index (Phi) is 4.65. The van der Waals surface area contributed by atoms with E-state index < -0.39 is 15.4 Å². The number of sulfone groups is 1. The molecule has 1 aromatic rings. The number of hydrogen-bond acceptors (Lipinski definition) is 5. The highest BCUT2D eigenvalue weighted by Crippen LogP contribution is 2.16. The molecule has 1 heterocycles. The number of nitrogens with one attached hydrogen (secondary N) is 1. The highest BCUT2D eigenvalue weighted by Gasteiger charge is 2.29. The third-order valence-electron chi connectivity index (χ3n) is 3.09. The van der Waals surface area contributed by atoms with Gasteiger partial charge in [-0.15, -0.1) is 0 Å². The van der Waals surface area contributed by atoms with E-state index in [4.69, 9.17) is 5.73 Å². The third kappa shape index (κ3) is 3.74. The monoisotopic (exact) mass is 285 g/mol. The predicted molar refractivity (Wildman–Crippen MR) is 73.5 cm³/mol. The minimum Gasteiger partial charge on any atom is -0.323 e. The molecule has 0 atom stereocenters. The molecule has 0 aliphatic carbocycles. The van der Waals surface area contributed by atoms with Gasteiger partial charge in [-0.3, -0.25) is 4.79 Å². The number of nitrogens with two attached hydrogens (primary N) is 1. The number of pyridine rings is 1. The quantitative estimate of drug-likeness (QED) is 0.838. The summed E-state index contributed by atoms with van der Waals surface area (Å²) < 4.78 is 22.5. The van der Waals surface area contributed by atoms with Crippen molar-refractivity contribution >= 4 is 21.4 Å². The first-order valence-corrected chi connectivity index (χ1v) is 7.88. The van der Waals surface area contributed by atoms with Crippen LogP contribution in [0.25, 0.3) is 0 Å². The van der Waals surface area contributed by atoms with Gasteiger partial charge in [0.05, 0.1) is 17.4 Å². The zero-order valence-corrected chi connectivity index (χ0v) is 12.1. The highest BCUT2D eigenvalue weighted by atomic mass is 32.2. The van der Waals surface area contributed by atoms with Crippen molar-refractivity contribution in [1.82, 2.24) is 4.98 Å². The molecule has 0 aliphatic heterocycles. The molecule has 0 saturated carbocycles. The molecule has 3 N–H and O–H groups in total. The van der Waals surface area contributed by atoms with Gasteiger partial charge in [0.25, 0.3) is 0 Å². The summed E-state index contributed by atoms with van der Waals surface area (Å²) in [5.41, 5.74) is 5.46. The summed E-state index contributed by atoms with van der Waals surface area (Å²) in [6.07, 6.45) is 3.42. The normalized spacial score (nSPS) is 12.2. The second-order valence-electron chi connectivity index (χ2n) is 4.47. The van der Waals surface area contributed by atoms with Gasteiger partial charge in [-0.1, -0.05) is 13.8 Å². The standard InChI is InChI=1S/C12H19N3O3S/c1-4-12(13,5-2)11(16)15-9-6-7-10(14-8-9)19(3,17)18/h6-8H,4-5,13H2,1-3H3,(H,15,16). The molecule has 1 amide bonds. The van der Waals surface area contributed by atoms with E-state index in [1.165, 1.54) is 18.3 Å². The third-order valence-corrected chi connectivity index (χ3v) is 4.09. The Morgan fingerprint density at radius 1 is 1.37 bits per heavy atom. The van der Waals surface area contributed by atoms with Crippen molar-refractivity contribution < 1.29 is 13.2 Å². The van der Waals surface area contributed by atoms with E-state index in [9.17, 15) is 13.2 Å². The average Bonchev–Trinajstić information content (AvgIpc) is 2.37. The predicted octanol–water partition coefficient (Wildman–Crippen LogP) is 0.941. The Hall–Kier alpha value is -1.47. The summed E-state index contributed by atoms with van der Waals surface area (Å²) in [5, 5.41) is 2.61. The molecule has 0 bridgehead atoms. The Morgan fingerprint density at radius 2 is 1.95 bits per heavy atom. The Labute approximate surface area is 113 Å². The zero-order chi connectivity index (χ0) is 14.7. The molecular weight excluding hydrogens is 266 g/mol. The van der Waals surface area contributed by atoms with Crippen molar-refractivity contribution in [3.05, 3.63) is 18.3 Å². The van der Waals surface area contributed by atoms with Crippen LogP contribution in [0.1, 0.15) is 26.7 Å². The molecule has 7 heteroatoms. The molecule has 1 rings (SSSR count). The number of hydrogen-bond donors (Lipinski definition) is 2. The zero-order valence-electron chi connectivity index (χ0n) is 11.3. The van der Waals surface area contributed by atoms with E-state index in [0.717, 1.165) is 6.26 Å². The lowest BCUT2D eigenvalue weighted by Gasteiger charge is -2.25. The van der Waals surface area contributed by atoms with Crippen LogP contribution in [0.2, 0.25) is 0 Å². The van der Waals surface area contributed by atoms with Crippen LogP contribution in [0.15, 0.2) is 23.4 Å². The second kappa shape index (κ2) is 5.66. The van der Waals surface area contributed by atoms with Gasteiger partial charge in [0.1, 0.15) is 0 Å². The summed E-state index contributed by atoms with van der Waals surface area (Å²) >= 11 is 0. The van der Waals surface area contributed by atoms with Crippen molar-refractivity contribution in [3.8, 4) is 0 Å². The second-order valence-corrected chi connectivity index (χ2v) is 6.44. The molecular formula is C12H19N3O3S. The lowest BCUT2D eigenvalue weighted by molar-refractivity contribution is -0.121. The minimum absolute atomic E-state index is 0.0320. The van der Waals surface area contributed by atoms with Gasteiger partial charge in [-0.05, 0) is 25.0 Å². The van der Waals surface area contributed by atoms with E-state index in [-0.39, 0.29) is 10.9 Å². The van der Waals surface area contributed by atoms with Crippen LogP contribution in [0.3, 0.4) is 0 Å². The van der Waals surface area contributed by atoms with E-state index in [0.29, 0.717) is 18.5 Å². The maximum Gasteiger partial charge on any atom is 0.244 e. The van der Waals surface area contributed by atoms with Crippen molar-refractivity contribution in [2.45, 2.75) is 37.3 Å². The fourth-order valence-electron chi connectivity index (χ4n) is 1.50. The molecule has 0 fully saturated rings. The van der Waals surface area contributed by atoms with Crippen LogP contribution in [-0.2, 0) is 14.6 Å². The minimum atomic E-state index is -3.33. The number of carbonyl (C=O) groups excluding carboxylic acids is 1. The number of nitrogens with zero attached hydrogens (tertiary/aromatic N) is 1. The van der Waals surface area contributed by atoms with Gasteiger partial charge in [-0.2, -0.15) is 0 Å². The van der Waals surface area contributed by atoms with Gasteiger partial charge in [-0.25, -0.2) is 13.4 Å². The number of aromatic nitrogens is 1. The van der Waals surface area contributed by atoms with E-state index in [1.54, 1.807) is 0 Å². The number of anilines is 1. The molecule has 0 radical (unpaired) electrons. The topological polar surface area (TPSA) is 102 Å². The first-order valence-electron chi connectivity index (χ1n) is 5.99. The first kappa shape index (κ1) is 15.6. The largest absolute Gasteiger partial charge is 0.323 e. The Morgan fingerprint density at radius 3 is 2.32 bits per heavy atom. The molecule has 0 spiro atoms. The molecule has 0 unspecified atom stereocenters. The molecule has 0 saturated heterocycles. The van der Waals surface area contributed by atoms with Crippen LogP contribution in [0.5, 0.6) is 0 Å². The molecule has 106 valence electrons. The van der Waals surface area contributed by atoms with E-state index in [2.05, 4.69) is 10.3 Å². The Balaban J connectivity index is 2.88. The number of amides is 1. The van der Waals surface area contributed by atoms with Crippen LogP contribution >= 0.6 is 0 Å². The van der Waals surface area contributed by atoms with Crippen LogP contribution in [-0.4, -0.2) is 31.1 Å². The summed E-state index contributed by atoms with van der Waals surface area (Å²) in [4.78, 5) is 15.8. The smallest absolute Gasteiger partial charge is 0.244 e. The van der Waals surface area contributed by atoms with Crippen LogP contribution in [0.4, 0.5) is 5.69 Å². The molecule has 6 nitrogen and oxygen atoms in total. The van der Waals surface area contributed by atoms with Crippen molar-refractivity contribution in [1.29, 1.82) is 0 Å². The maximum atomic E-state index is 12.0. The van der Waals surface area contributed by atoms with E-state index >= 15 is 0 Å². The van der Waals surface area contributed by atoms with Crippen molar-refractivity contribution in [2.24, 2.45) is 5.73 Å². The van der Waals surface area contributed by atoms with E-state index in [1.807, 2.05) is 13.8 Å². The summed E-state index contributed by atoms with van der Waals surface area (Å²) in [5.74, 6) is -0.300. The average molecular weight is 285 g/mol. The van der Waals surface area contributed by atoms with Gasteiger partial charge in [0.15, 0.2) is 14.9 Å². The Bertz CT molecular complexity index is 548. The number of rotatable bonds is 5. The van der Waals surface area contributed by atoms with Crippen LogP contribution in [0, 0.1) is 0 Å². The fourth-order valence-corrected chi connectivity index (χ4v) is 2.06. The molecule has 0 aliphatic rings. The summed E-state index contributed by atoms with van der Waals surface area (Å²) in [6.45, 7) is 3.68. The lowest BCUT2D eigenvalue weighted by Crippen LogP contribution is -2.50. The van der Waals surface area contributed by atoms with Crippen molar-refractivity contribution in [2.75, 3.05) is 11.6 Å². The van der Waals surface area contributed by atoms with Gasteiger partial charge >= 0.3 is 0 Å². The molecule has 1 aromatic heterocycles. The highest BCUT2D eigenvalue weighted by molar-refractivity contribution is 7.90. The SMILES string of the molecule is CCC(N)(CC)C(=O)Nc1ccc(S(C)(=O)=O)nc1. The van der Waals surface area contributed by atoms with Crippen LogP contribution < -0.4 is 11.1 Å².